The molecule has 6 heteroatoms. The molecule has 0 aromatic heterocycles. The first-order valence-electron chi connectivity index (χ1n) is 6.26. The van der Waals surface area contributed by atoms with Gasteiger partial charge in [0.2, 0.25) is 10.0 Å². The summed E-state index contributed by atoms with van der Waals surface area (Å²) in [7, 11) is -3.48. The summed E-state index contributed by atoms with van der Waals surface area (Å²) in [5.41, 5.74) is 0.945. The number of nitrogens with one attached hydrogen (secondary N) is 2. The molecule has 0 unspecified atom stereocenters. The van der Waals surface area contributed by atoms with Crippen molar-refractivity contribution in [2.45, 2.75) is 51.2 Å². The lowest BCUT2D eigenvalue weighted by Gasteiger charge is -2.13. The highest BCUT2D eigenvalue weighted by Crippen LogP contribution is 2.23. The van der Waals surface area contributed by atoms with Gasteiger partial charge in [-0.15, -0.1) is 0 Å². The zero-order valence-corrected chi connectivity index (χ0v) is 14.1. The fourth-order valence-electron chi connectivity index (χ4n) is 1.56. The van der Waals surface area contributed by atoms with Crippen molar-refractivity contribution >= 4 is 26.0 Å². The minimum Gasteiger partial charge on any atom is -0.310 e. The van der Waals surface area contributed by atoms with Crippen LogP contribution in [0.3, 0.4) is 0 Å². The van der Waals surface area contributed by atoms with Gasteiger partial charge in [-0.3, -0.25) is 0 Å². The zero-order valence-electron chi connectivity index (χ0n) is 11.7. The molecule has 1 aromatic carbocycles. The molecule has 0 aliphatic carbocycles. The van der Waals surface area contributed by atoms with Crippen LogP contribution >= 0.6 is 15.9 Å². The molecule has 0 aliphatic rings. The van der Waals surface area contributed by atoms with E-state index in [4.69, 9.17) is 0 Å². The Hall–Kier alpha value is -0.430. The van der Waals surface area contributed by atoms with Crippen LogP contribution in [-0.4, -0.2) is 20.5 Å². The molecule has 0 fully saturated rings. The van der Waals surface area contributed by atoms with Gasteiger partial charge in [0.05, 0.1) is 4.90 Å². The van der Waals surface area contributed by atoms with Crippen molar-refractivity contribution in [2.75, 3.05) is 0 Å². The third kappa shape index (κ3) is 5.22. The van der Waals surface area contributed by atoms with Gasteiger partial charge in [-0.05, 0) is 47.5 Å². The summed E-state index contributed by atoms with van der Waals surface area (Å²) >= 11 is 3.30. The molecule has 0 atom stereocenters. The Morgan fingerprint density at radius 1 is 1.16 bits per heavy atom. The van der Waals surface area contributed by atoms with Gasteiger partial charge in [0, 0.05) is 23.1 Å². The summed E-state index contributed by atoms with van der Waals surface area (Å²) in [6.45, 7) is 8.36. The van der Waals surface area contributed by atoms with Gasteiger partial charge >= 0.3 is 0 Å². The van der Waals surface area contributed by atoms with E-state index in [1.54, 1.807) is 26.0 Å². The van der Waals surface area contributed by atoms with Gasteiger partial charge in [0.1, 0.15) is 0 Å². The first-order valence-corrected chi connectivity index (χ1v) is 8.54. The maximum absolute atomic E-state index is 12.2. The highest BCUT2D eigenvalue weighted by Gasteiger charge is 2.19. The molecule has 0 bridgehead atoms. The number of sulfonamides is 1. The quantitative estimate of drug-likeness (QED) is 0.830. The van der Waals surface area contributed by atoms with Crippen molar-refractivity contribution in [3.05, 3.63) is 28.2 Å². The molecule has 0 amide bonds. The van der Waals surface area contributed by atoms with Crippen LogP contribution in [0.25, 0.3) is 0 Å². The lowest BCUT2D eigenvalue weighted by atomic mass is 10.2. The van der Waals surface area contributed by atoms with E-state index < -0.39 is 10.0 Å². The van der Waals surface area contributed by atoms with Crippen LogP contribution in [0.5, 0.6) is 0 Å². The third-order valence-electron chi connectivity index (χ3n) is 2.39. The predicted molar refractivity (Wildman–Crippen MR) is 81.6 cm³/mol. The van der Waals surface area contributed by atoms with Crippen LogP contribution in [0.4, 0.5) is 0 Å². The van der Waals surface area contributed by atoms with Crippen molar-refractivity contribution in [1.82, 2.24) is 10.0 Å². The van der Waals surface area contributed by atoms with Gasteiger partial charge < -0.3 is 5.32 Å². The highest BCUT2D eigenvalue weighted by atomic mass is 79.9. The van der Waals surface area contributed by atoms with Crippen LogP contribution in [0.1, 0.15) is 33.3 Å². The molecule has 108 valence electrons. The Kier molecular flexibility index (Phi) is 5.98. The van der Waals surface area contributed by atoms with E-state index in [9.17, 15) is 8.42 Å². The van der Waals surface area contributed by atoms with Crippen molar-refractivity contribution < 1.29 is 8.42 Å². The van der Waals surface area contributed by atoms with Crippen LogP contribution in [0.2, 0.25) is 0 Å². The number of halogens is 1. The molecule has 0 saturated heterocycles. The monoisotopic (exact) mass is 348 g/mol. The minimum absolute atomic E-state index is 0.130. The molecule has 0 aliphatic heterocycles. The topological polar surface area (TPSA) is 58.2 Å². The lowest BCUT2D eigenvalue weighted by molar-refractivity contribution is 0.568. The second kappa shape index (κ2) is 6.83. The first kappa shape index (κ1) is 16.6. The normalized spacial score (nSPS) is 12.4. The van der Waals surface area contributed by atoms with Crippen molar-refractivity contribution in [2.24, 2.45) is 0 Å². The molecular formula is C13H21BrN2O2S. The molecule has 0 radical (unpaired) electrons. The fraction of sp³-hybridized carbons (Fsp3) is 0.538. The number of benzene rings is 1. The van der Waals surface area contributed by atoms with E-state index in [1.165, 1.54) is 0 Å². The molecule has 1 aromatic rings. The van der Waals surface area contributed by atoms with Crippen molar-refractivity contribution in [3.63, 3.8) is 0 Å². The zero-order chi connectivity index (χ0) is 14.6. The molecule has 19 heavy (non-hydrogen) atoms. The van der Waals surface area contributed by atoms with Gasteiger partial charge in [-0.1, -0.05) is 19.9 Å². The van der Waals surface area contributed by atoms with Gasteiger partial charge in [0.25, 0.3) is 0 Å². The second-order valence-corrected chi connectivity index (χ2v) is 7.61. The average Bonchev–Trinajstić information content (AvgIpc) is 2.25. The molecular weight excluding hydrogens is 328 g/mol. The van der Waals surface area contributed by atoms with Gasteiger partial charge in [0.15, 0.2) is 0 Å². The van der Waals surface area contributed by atoms with E-state index in [0.717, 1.165) is 5.56 Å². The Labute approximate surface area is 124 Å². The summed E-state index contributed by atoms with van der Waals surface area (Å²) in [5.74, 6) is 0. The maximum atomic E-state index is 12.2. The van der Waals surface area contributed by atoms with Crippen LogP contribution in [-0.2, 0) is 16.6 Å². The molecule has 0 spiro atoms. The Morgan fingerprint density at radius 3 is 2.32 bits per heavy atom. The largest absolute Gasteiger partial charge is 0.310 e. The summed E-state index contributed by atoms with van der Waals surface area (Å²) in [6, 6.07) is 5.61. The third-order valence-corrected chi connectivity index (χ3v) is 5.04. The van der Waals surface area contributed by atoms with E-state index >= 15 is 0 Å². The Morgan fingerprint density at radius 2 is 1.79 bits per heavy atom. The molecule has 1 rings (SSSR count). The average molecular weight is 349 g/mol. The molecule has 0 heterocycles. The fourth-order valence-corrected chi connectivity index (χ4v) is 3.82. The minimum atomic E-state index is -3.48. The smallest absolute Gasteiger partial charge is 0.241 e. The first-order chi connectivity index (χ1) is 8.72. The second-order valence-electron chi connectivity index (χ2n) is 5.08. The number of rotatable bonds is 6. The van der Waals surface area contributed by atoms with E-state index in [2.05, 4.69) is 39.8 Å². The van der Waals surface area contributed by atoms with Crippen molar-refractivity contribution in [1.29, 1.82) is 0 Å². The Bertz CT molecular complexity index is 527. The van der Waals surface area contributed by atoms with E-state index in [0.29, 0.717) is 17.1 Å². The van der Waals surface area contributed by atoms with Crippen LogP contribution in [0.15, 0.2) is 27.6 Å². The SMILES string of the molecule is CC(C)NCc1ccc(Br)c(S(=O)(=O)NC(C)C)c1. The number of hydrogen-bond donors (Lipinski definition) is 2. The van der Waals surface area contributed by atoms with Crippen molar-refractivity contribution in [3.8, 4) is 0 Å². The highest BCUT2D eigenvalue weighted by molar-refractivity contribution is 9.10. The molecule has 0 saturated carbocycles. The standard InChI is InChI=1S/C13H21BrN2O2S/c1-9(2)15-8-11-5-6-12(14)13(7-11)19(17,18)16-10(3)4/h5-7,9-10,15-16H,8H2,1-4H3. The summed E-state index contributed by atoms with van der Waals surface area (Å²) in [4.78, 5) is 0.282. The van der Waals surface area contributed by atoms with Crippen LogP contribution < -0.4 is 10.0 Å². The summed E-state index contributed by atoms with van der Waals surface area (Å²) in [6.07, 6.45) is 0. The predicted octanol–water partition coefficient (Wildman–Crippen LogP) is 2.63. The van der Waals surface area contributed by atoms with E-state index in [1.807, 2.05) is 6.07 Å². The summed E-state index contributed by atoms with van der Waals surface area (Å²) in [5, 5.41) is 3.27. The maximum Gasteiger partial charge on any atom is 0.241 e. The van der Waals surface area contributed by atoms with Gasteiger partial charge in [-0.2, -0.15) is 0 Å². The van der Waals surface area contributed by atoms with Crippen LogP contribution in [0, 0.1) is 0 Å². The molecule has 4 nitrogen and oxygen atoms in total. The number of hydrogen-bond acceptors (Lipinski definition) is 3. The van der Waals surface area contributed by atoms with E-state index in [-0.39, 0.29) is 10.9 Å². The lowest BCUT2D eigenvalue weighted by Crippen LogP contribution is -2.30. The molecule has 2 N–H and O–H groups in total. The van der Waals surface area contributed by atoms with Gasteiger partial charge in [-0.25, -0.2) is 13.1 Å². The summed E-state index contributed by atoms with van der Waals surface area (Å²) < 4.78 is 27.6. The Balaban J connectivity index is 3.03.